The number of carbonyl (C=O) groups excluding carboxylic acids is 1. The Bertz CT molecular complexity index is 1110. The Labute approximate surface area is 190 Å². The van der Waals surface area contributed by atoms with Crippen molar-refractivity contribution in [3.8, 4) is 11.3 Å². The summed E-state index contributed by atoms with van der Waals surface area (Å²) in [5.74, 6) is 0.507. The SMILES string of the molecule is Cc1cc(-c2[nH]c3ccc(C4CN(C(=O)CN(C)C)CCO4)cc3c2C(C)C)cc(C)n1. The number of amides is 1. The Morgan fingerprint density at radius 1 is 1.22 bits per heavy atom. The van der Waals surface area contributed by atoms with E-state index in [-0.39, 0.29) is 12.0 Å². The Morgan fingerprint density at radius 2 is 1.94 bits per heavy atom. The van der Waals surface area contributed by atoms with E-state index < -0.39 is 0 Å². The number of nitrogens with one attached hydrogen (secondary N) is 1. The van der Waals surface area contributed by atoms with E-state index in [0.717, 1.165) is 28.2 Å². The van der Waals surface area contributed by atoms with Gasteiger partial charge in [0.1, 0.15) is 6.10 Å². The van der Waals surface area contributed by atoms with Gasteiger partial charge in [-0.2, -0.15) is 0 Å². The van der Waals surface area contributed by atoms with Crippen LogP contribution < -0.4 is 0 Å². The number of hydrogen-bond acceptors (Lipinski definition) is 4. The molecule has 6 heteroatoms. The summed E-state index contributed by atoms with van der Waals surface area (Å²) in [6.45, 7) is 10.8. The van der Waals surface area contributed by atoms with Crippen molar-refractivity contribution in [2.45, 2.75) is 39.7 Å². The fourth-order valence-corrected chi connectivity index (χ4v) is 4.68. The molecule has 0 spiro atoms. The van der Waals surface area contributed by atoms with E-state index in [4.69, 9.17) is 4.74 Å². The number of benzene rings is 1. The molecule has 0 aliphatic carbocycles. The number of pyridine rings is 1. The molecule has 1 atom stereocenters. The molecule has 3 heterocycles. The molecule has 6 nitrogen and oxygen atoms in total. The molecule has 1 fully saturated rings. The van der Waals surface area contributed by atoms with E-state index in [1.54, 1.807) is 0 Å². The largest absolute Gasteiger partial charge is 0.370 e. The van der Waals surface area contributed by atoms with Crippen LogP contribution in [0.4, 0.5) is 0 Å². The molecule has 2 aromatic heterocycles. The number of aryl methyl sites for hydroxylation is 2. The van der Waals surface area contributed by atoms with Gasteiger partial charge in [0.05, 0.1) is 25.4 Å². The molecule has 170 valence electrons. The lowest BCUT2D eigenvalue weighted by molar-refractivity contribution is -0.139. The van der Waals surface area contributed by atoms with Crippen LogP contribution >= 0.6 is 0 Å². The van der Waals surface area contributed by atoms with Gasteiger partial charge < -0.3 is 19.5 Å². The highest BCUT2D eigenvalue weighted by Gasteiger charge is 2.26. The molecular weight excluding hydrogens is 400 g/mol. The lowest BCUT2D eigenvalue weighted by Crippen LogP contribution is -2.45. The van der Waals surface area contributed by atoms with E-state index in [1.807, 2.05) is 37.7 Å². The number of fused-ring (bicyclic) bond motifs is 1. The van der Waals surface area contributed by atoms with Crippen LogP contribution in [0, 0.1) is 13.8 Å². The van der Waals surface area contributed by atoms with Gasteiger partial charge in [0.15, 0.2) is 0 Å². The fourth-order valence-electron chi connectivity index (χ4n) is 4.68. The highest BCUT2D eigenvalue weighted by molar-refractivity contribution is 5.92. The number of aromatic amines is 1. The van der Waals surface area contributed by atoms with Crippen molar-refractivity contribution >= 4 is 16.8 Å². The summed E-state index contributed by atoms with van der Waals surface area (Å²) in [7, 11) is 3.85. The maximum absolute atomic E-state index is 12.6. The van der Waals surface area contributed by atoms with Gasteiger partial charge in [-0.25, -0.2) is 0 Å². The van der Waals surface area contributed by atoms with Crippen molar-refractivity contribution in [2.24, 2.45) is 0 Å². The summed E-state index contributed by atoms with van der Waals surface area (Å²) in [6, 6.07) is 10.8. The van der Waals surface area contributed by atoms with Crippen LogP contribution in [0.5, 0.6) is 0 Å². The summed E-state index contributed by atoms with van der Waals surface area (Å²) in [5.41, 5.74) is 7.92. The Balaban J connectivity index is 1.71. The topological polar surface area (TPSA) is 61.5 Å². The third-order valence-corrected chi connectivity index (χ3v) is 6.05. The van der Waals surface area contributed by atoms with E-state index >= 15 is 0 Å². The summed E-state index contributed by atoms with van der Waals surface area (Å²) >= 11 is 0. The first-order valence-corrected chi connectivity index (χ1v) is 11.4. The Morgan fingerprint density at radius 3 is 2.59 bits per heavy atom. The zero-order valence-electron chi connectivity index (χ0n) is 20.0. The molecule has 32 heavy (non-hydrogen) atoms. The van der Waals surface area contributed by atoms with Crippen molar-refractivity contribution in [2.75, 3.05) is 40.3 Å². The normalized spacial score (nSPS) is 17.0. The second-order valence-corrected chi connectivity index (χ2v) is 9.45. The summed E-state index contributed by atoms with van der Waals surface area (Å²) < 4.78 is 6.10. The van der Waals surface area contributed by atoms with E-state index in [9.17, 15) is 4.79 Å². The van der Waals surface area contributed by atoms with Crippen molar-refractivity contribution in [1.82, 2.24) is 19.8 Å². The van der Waals surface area contributed by atoms with Gasteiger partial charge in [-0.05, 0) is 69.3 Å². The summed E-state index contributed by atoms with van der Waals surface area (Å²) in [4.78, 5) is 24.6. The number of ether oxygens (including phenoxy) is 1. The molecule has 1 aliphatic heterocycles. The third kappa shape index (κ3) is 4.57. The number of rotatable bonds is 5. The standard InChI is InChI=1S/C26H34N4O2/c1-16(2)25-21-13-19(23-14-30(9-10-32-23)24(31)15-29(5)6)7-8-22(21)28-26(25)20-11-17(3)27-18(4)12-20/h7-8,11-13,16,23,28H,9-10,14-15H2,1-6H3. The number of nitrogens with zero attached hydrogens (tertiary/aromatic N) is 3. The van der Waals surface area contributed by atoms with Crippen molar-refractivity contribution in [3.05, 3.63) is 52.8 Å². The summed E-state index contributed by atoms with van der Waals surface area (Å²) in [5, 5.41) is 1.22. The van der Waals surface area contributed by atoms with Crippen molar-refractivity contribution < 1.29 is 9.53 Å². The predicted octanol–water partition coefficient (Wildman–Crippen LogP) is 4.43. The number of aromatic nitrogens is 2. The van der Waals surface area contributed by atoms with Crippen LogP contribution in [0.3, 0.4) is 0 Å². The van der Waals surface area contributed by atoms with Gasteiger partial charge in [-0.3, -0.25) is 9.78 Å². The van der Waals surface area contributed by atoms with Crippen LogP contribution in [-0.2, 0) is 9.53 Å². The van der Waals surface area contributed by atoms with Gasteiger partial charge >= 0.3 is 0 Å². The average molecular weight is 435 g/mol. The number of carbonyl (C=O) groups is 1. The van der Waals surface area contributed by atoms with Gasteiger partial charge in [-0.1, -0.05) is 19.9 Å². The molecule has 1 aromatic carbocycles. The molecule has 3 aromatic rings. The molecule has 1 amide bonds. The molecule has 4 rings (SSSR count). The fraction of sp³-hybridized carbons (Fsp3) is 0.462. The molecule has 0 saturated carbocycles. The number of morpholine rings is 1. The van der Waals surface area contributed by atoms with Crippen LogP contribution in [0.15, 0.2) is 30.3 Å². The molecule has 1 aliphatic rings. The lowest BCUT2D eigenvalue weighted by atomic mass is 9.94. The maximum Gasteiger partial charge on any atom is 0.236 e. The van der Waals surface area contributed by atoms with Crippen LogP contribution in [0.1, 0.15) is 48.4 Å². The zero-order valence-corrected chi connectivity index (χ0v) is 20.0. The quantitative estimate of drug-likeness (QED) is 0.645. The van der Waals surface area contributed by atoms with Crippen molar-refractivity contribution in [3.63, 3.8) is 0 Å². The third-order valence-electron chi connectivity index (χ3n) is 6.05. The maximum atomic E-state index is 12.6. The monoisotopic (exact) mass is 434 g/mol. The van der Waals surface area contributed by atoms with E-state index in [0.29, 0.717) is 32.2 Å². The zero-order chi connectivity index (χ0) is 23.0. The smallest absolute Gasteiger partial charge is 0.236 e. The Kier molecular flexibility index (Phi) is 6.35. The van der Waals surface area contributed by atoms with E-state index in [1.165, 1.54) is 16.5 Å². The highest BCUT2D eigenvalue weighted by atomic mass is 16.5. The Hall–Kier alpha value is -2.70. The minimum Gasteiger partial charge on any atom is -0.370 e. The predicted molar refractivity (Wildman–Crippen MR) is 129 cm³/mol. The first-order valence-electron chi connectivity index (χ1n) is 11.4. The summed E-state index contributed by atoms with van der Waals surface area (Å²) in [6.07, 6.45) is -0.108. The average Bonchev–Trinajstić information content (AvgIpc) is 3.12. The van der Waals surface area contributed by atoms with Gasteiger partial charge in [0.2, 0.25) is 5.91 Å². The number of H-pyrrole nitrogens is 1. The first-order chi connectivity index (χ1) is 15.2. The lowest BCUT2D eigenvalue weighted by Gasteiger charge is -2.34. The highest BCUT2D eigenvalue weighted by Crippen LogP contribution is 2.37. The van der Waals surface area contributed by atoms with Gasteiger partial charge in [0, 0.05) is 34.4 Å². The van der Waals surface area contributed by atoms with Gasteiger partial charge in [-0.15, -0.1) is 0 Å². The van der Waals surface area contributed by atoms with E-state index in [2.05, 4.69) is 54.1 Å². The minimum absolute atomic E-state index is 0.108. The first kappa shape index (κ1) is 22.5. The molecular formula is C26H34N4O2. The molecule has 1 unspecified atom stereocenters. The number of hydrogen-bond donors (Lipinski definition) is 1. The van der Waals surface area contributed by atoms with Crippen LogP contribution in [0.25, 0.3) is 22.2 Å². The second-order valence-electron chi connectivity index (χ2n) is 9.45. The van der Waals surface area contributed by atoms with Crippen LogP contribution in [0.2, 0.25) is 0 Å². The van der Waals surface area contributed by atoms with Crippen molar-refractivity contribution in [1.29, 1.82) is 0 Å². The second kappa shape index (κ2) is 9.04. The molecule has 1 N–H and O–H groups in total. The molecule has 0 bridgehead atoms. The molecule has 0 radical (unpaired) electrons. The molecule has 1 saturated heterocycles. The van der Waals surface area contributed by atoms with Crippen LogP contribution in [-0.4, -0.2) is 66.0 Å². The number of likely N-dealkylation sites (N-methyl/N-ethyl adjacent to an activating group) is 1. The van der Waals surface area contributed by atoms with Gasteiger partial charge in [0.25, 0.3) is 0 Å². The minimum atomic E-state index is -0.108.